The van der Waals surface area contributed by atoms with Crippen molar-refractivity contribution >= 4 is 0 Å². The van der Waals surface area contributed by atoms with Gasteiger partial charge in [-0.25, -0.2) is 0 Å². The third-order valence-corrected chi connectivity index (χ3v) is 0.599. The van der Waals surface area contributed by atoms with E-state index in [-0.39, 0.29) is 20.4 Å². The second-order valence-corrected chi connectivity index (χ2v) is 1.24. The molecule has 0 aliphatic heterocycles. The van der Waals surface area contributed by atoms with Crippen LogP contribution in [0.25, 0.3) is 0 Å². The summed E-state index contributed by atoms with van der Waals surface area (Å²) in [6, 6.07) is 1.79. The Hall–Kier alpha value is -0.0577. The van der Waals surface area contributed by atoms with Crippen molar-refractivity contribution in [1.29, 1.82) is 0 Å². The molecule has 1 nitrogen and oxygen atoms in total. The van der Waals surface area contributed by atoms with Gasteiger partial charge in [-0.1, -0.05) is 13.2 Å². The zero-order chi connectivity index (χ0) is 4.41. The number of hydrogen-bond donors (Lipinski definition) is 0. The Kier molecular flexibility index (Phi) is 2.99. The van der Waals surface area contributed by atoms with E-state index in [9.17, 15) is 0 Å². The largest absolute Gasteiger partial charge is 0.599 e. The first-order valence-electron chi connectivity index (χ1n) is 1.81. The Morgan fingerprint density at radius 3 is 2.57 bits per heavy atom. The van der Waals surface area contributed by atoms with Gasteiger partial charge in [0.25, 0.3) is 0 Å². The van der Waals surface area contributed by atoms with Gasteiger partial charge in [0.1, 0.15) is 0 Å². The molecule has 0 bridgehead atoms. The zero-order valence-corrected chi connectivity index (χ0v) is 6.66. The van der Waals surface area contributed by atoms with Crippen LogP contribution in [0.2, 0.25) is 0 Å². The second-order valence-electron chi connectivity index (χ2n) is 1.24. The monoisotopic (exact) mass is 268 g/mol. The van der Waals surface area contributed by atoms with Gasteiger partial charge in [-0.15, -0.1) is 6.07 Å². The minimum absolute atomic E-state index is 0. The van der Waals surface area contributed by atoms with E-state index in [1.54, 1.807) is 12.3 Å². The van der Waals surface area contributed by atoms with Crippen LogP contribution >= 0.6 is 0 Å². The number of hydrogen-bond acceptors (Lipinski definition) is 1. The quantitative estimate of drug-likeness (QED) is 0.647. The molecule has 0 saturated carbocycles. The molecule has 39 valence electrons. The molecular weight excluding hydrogens is 262 g/mol. The van der Waals surface area contributed by atoms with E-state index in [0.29, 0.717) is 0 Å². The van der Waals surface area contributed by atoms with Crippen molar-refractivity contribution in [2.45, 2.75) is 6.92 Å². The van der Waals surface area contributed by atoms with Gasteiger partial charge in [0.05, 0.1) is 0 Å². The average molecular weight is 267 g/mol. The SMILES string of the molecule is Cc1c[c-]oc1.[Re]. The van der Waals surface area contributed by atoms with Gasteiger partial charge < -0.3 is 4.42 Å². The molecule has 0 fully saturated rings. The summed E-state index contributed by atoms with van der Waals surface area (Å²) < 4.78 is 4.59. The fourth-order valence-corrected chi connectivity index (χ4v) is 0.288. The maximum atomic E-state index is 4.59. The van der Waals surface area contributed by atoms with E-state index in [2.05, 4.69) is 10.7 Å². The Labute approximate surface area is 56.4 Å². The van der Waals surface area contributed by atoms with Crippen molar-refractivity contribution in [3.8, 4) is 0 Å². The summed E-state index contributed by atoms with van der Waals surface area (Å²) in [5.74, 6) is 0. The van der Waals surface area contributed by atoms with Crippen LogP contribution in [0.1, 0.15) is 5.56 Å². The van der Waals surface area contributed by atoms with E-state index in [0.717, 1.165) is 5.56 Å². The summed E-state index contributed by atoms with van der Waals surface area (Å²) in [5, 5.41) is 0. The molecule has 0 aliphatic carbocycles. The molecule has 1 heterocycles. The molecule has 0 aliphatic rings. The van der Waals surface area contributed by atoms with E-state index in [1.165, 1.54) is 0 Å². The van der Waals surface area contributed by atoms with Crippen molar-refractivity contribution in [1.82, 2.24) is 0 Å². The number of furan rings is 1. The molecule has 7 heavy (non-hydrogen) atoms. The molecule has 1 aromatic rings. The van der Waals surface area contributed by atoms with Crippen LogP contribution in [0.15, 0.2) is 16.7 Å². The second kappa shape index (κ2) is 3.01. The molecule has 1 radical (unpaired) electrons. The van der Waals surface area contributed by atoms with Crippen LogP contribution in [0.4, 0.5) is 0 Å². The van der Waals surface area contributed by atoms with Crippen molar-refractivity contribution in [3.05, 3.63) is 24.2 Å². The topological polar surface area (TPSA) is 13.1 Å². The molecule has 0 unspecified atom stereocenters. The van der Waals surface area contributed by atoms with Crippen LogP contribution in [-0.4, -0.2) is 0 Å². The van der Waals surface area contributed by atoms with Crippen LogP contribution in [-0.2, 0) is 20.4 Å². The van der Waals surface area contributed by atoms with Gasteiger partial charge in [0.2, 0.25) is 0 Å². The van der Waals surface area contributed by atoms with Crippen LogP contribution in [0, 0.1) is 13.2 Å². The maximum absolute atomic E-state index is 4.59. The summed E-state index contributed by atoms with van der Waals surface area (Å²) in [4.78, 5) is 0. The maximum Gasteiger partial charge on any atom is 0 e. The summed E-state index contributed by atoms with van der Waals surface area (Å²) in [6.07, 6.45) is 4.21. The van der Waals surface area contributed by atoms with Gasteiger partial charge in [-0.3, -0.25) is 0 Å². The predicted molar refractivity (Wildman–Crippen MR) is 22.3 cm³/mol. The molecule has 1 rings (SSSR count). The van der Waals surface area contributed by atoms with Crippen molar-refractivity contribution in [2.24, 2.45) is 0 Å². The summed E-state index contributed by atoms with van der Waals surface area (Å²) >= 11 is 0. The fraction of sp³-hybridized carbons (Fsp3) is 0.200. The first kappa shape index (κ1) is 6.94. The summed E-state index contributed by atoms with van der Waals surface area (Å²) in [7, 11) is 0. The van der Waals surface area contributed by atoms with E-state index >= 15 is 0 Å². The van der Waals surface area contributed by atoms with E-state index < -0.39 is 0 Å². The van der Waals surface area contributed by atoms with Gasteiger partial charge in [-0.05, 0) is 6.26 Å². The van der Waals surface area contributed by atoms with Crippen LogP contribution < -0.4 is 0 Å². The minimum atomic E-state index is 0. The van der Waals surface area contributed by atoms with E-state index in [4.69, 9.17) is 0 Å². The molecule has 0 atom stereocenters. The normalized spacial score (nSPS) is 7.57. The van der Waals surface area contributed by atoms with Crippen molar-refractivity contribution in [2.75, 3.05) is 0 Å². The smallest absolute Gasteiger partial charge is 0 e. The molecule has 0 aromatic carbocycles. The fourth-order valence-electron chi connectivity index (χ4n) is 0.288. The van der Waals surface area contributed by atoms with E-state index in [1.807, 2.05) is 6.92 Å². The molecule has 1 aromatic heterocycles. The first-order chi connectivity index (χ1) is 2.89. The zero-order valence-electron chi connectivity index (χ0n) is 3.94. The number of aryl methyl sites for hydroxylation is 1. The van der Waals surface area contributed by atoms with Gasteiger partial charge in [0.15, 0.2) is 0 Å². The molecular formula is C5H5ORe-. The first-order valence-corrected chi connectivity index (χ1v) is 1.81. The molecule has 0 spiro atoms. The van der Waals surface area contributed by atoms with Crippen molar-refractivity contribution < 1.29 is 24.8 Å². The Morgan fingerprint density at radius 1 is 1.71 bits per heavy atom. The Balaban J connectivity index is 0.000000360. The van der Waals surface area contributed by atoms with Crippen molar-refractivity contribution in [3.63, 3.8) is 0 Å². The van der Waals surface area contributed by atoms with Gasteiger partial charge >= 0.3 is 0 Å². The van der Waals surface area contributed by atoms with Crippen LogP contribution in [0.3, 0.4) is 0 Å². The summed E-state index contributed by atoms with van der Waals surface area (Å²) in [5.41, 5.74) is 1.12. The minimum Gasteiger partial charge on any atom is -0.599 e. The average Bonchev–Trinajstić information content (AvgIpc) is 1.86. The van der Waals surface area contributed by atoms with Gasteiger partial charge in [0, 0.05) is 20.4 Å². The molecule has 0 saturated heterocycles. The molecule has 0 N–H and O–H groups in total. The predicted octanol–water partition coefficient (Wildman–Crippen LogP) is 1.39. The molecule has 2 heteroatoms. The Bertz CT molecular complexity index is 112. The molecule has 0 amide bonds. The standard InChI is InChI=1S/C5H5O.Re/c1-5-2-3-6-4-5;/h2,4H,1H3;/q-1;. The third-order valence-electron chi connectivity index (χ3n) is 0.599. The Morgan fingerprint density at radius 2 is 2.43 bits per heavy atom. The van der Waals surface area contributed by atoms with Crippen LogP contribution in [0.5, 0.6) is 0 Å². The third kappa shape index (κ3) is 1.92. The number of rotatable bonds is 0. The summed E-state index contributed by atoms with van der Waals surface area (Å²) in [6.45, 7) is 1.96. The van der Waals surface area contributed by atoms with Gasteiger partial charge in [-0.2, -0.15) is 5.56 Å².